The number of carbonyl (C=O) groups is 1. The molecule has 3 aromatic carbocycles. The van der Waals surface area contributed by atoms with Crippen LogP contribution in [-0.2, 0) is 14.8 Å². The van der Waals surface area contributed by atoms with E-state index in [2.05, 4.69) is 10.0 Å². The van der Waals surface area contributed by atoms with E-state index in [9.17, 15) is 22.7 Å². The smallest absolute Gasteiger partial charge is 0.240 e. The van der Waals surface area contributed by atoms with Crippen molar-refractivity contribution in [3.8, 4) is 11.1 Å². The molecule has 37 heavy (non-hydrogen) atoms. The van der Waals surface area contributed by atoms with Gasteiger partial charge in [-0.15, -0.1) is 0 Å². The number of halogens is 1. The summed E-state index contributed by atoms with van der Waals surface area (Å²) < 4.78 is 42.7. The van der Waals surface area contributed by atoms with Crippen LogP contribution < -0.4 is 10.0 Å². The molecule has 0 aliphatic heterocycles. The number of amides is 1. The number of rotatable bonds is 8. The summed E-state index contributed by atoms with van der Waals surface area (Å²) in [5.74, 6) is -0.759. The molecule has 1 aliphatic carbocycles. The molecular formula is C29H33FN2O4S. The molecule has 1 atom stereocenters. The molecule has 0 unspecified atom stereocenters. The zero-order valence-electron chi connectivity index (χ0n) is 21.0. The van der Waals surface area contributed by atoms with Gasteiger partial charge >= 0.3 is 0 Å². The predicted octanol–water partition coefficient (Wildman–Crippen LogP) is 4.96. The van der Waals surface area contributed by atoms with E-state index in [1.807, 2.05) is 30.3 Å². The van der Waals surface area contributed by atoms with Crippen molar-refractivity contribution in [3.63, 3.8) is 0 Å². The standard InChI is InChI=1S/C29H33FN2O4S/c1-29(2,34)27(21-8-4-3-5-9-21)31-28(33)22-12-16-23(17-13-22)32-37(35,36)24-18-14-20(15-19-24)25-10-6-7-11-26(25)30/h3-11,14-15,18-19,22-23,27,32,34H,12-13,16-17H2,1-2H3,(H,31,33)/t22?,23?,27-/m0/s1. The van der Waals surface area contributed by atoms with Gasteiger partial charge in [0.15, 0.2) is 0 Å². The molecule has 6 nitrogen and oxygen atoms in total. The monoisotopic (exact) mass is 524 g/mol. The first kappa shape index (κ1) is 27.0. The second-order valence-electron chi connectivity index (χ2n) is 10.2. The number of benzene rings is 3. The first-order valence-corrected chi connectivity index (χ1v) is 14.0. The van der Waals surface area contributed by atoms with Crippen LogP contribution in [0.5, 0.6) is 0 Å². The van der Waals surface area contributed by atoms with Gasteiger partial charge in [0.1, 0.15) is 5.82 Å². The number of carbonyl (C=O) groups excluding carboxylic acids is 1. The zero-order chi connectivity index (χ0) is 26.6. The summed E-state index contributed by atoms with van der Waals surface area (Å²) in [5, 5.41) is 13.6. The molecule has 0 bridgehead atoms. The molecule has 0 saturated heterocycles. The summed E-state index contributed by atoms with van der Waals surface area (Å²) in [6, 6.07) is 21.0. The Kier molecular flexibility index (Phi) is 8.11. The minimum atomic E-state index is -3.76. The summed E-state index contributed by atoms with van der Waals surface area (Å²) in [7, 11) is -3.76. The van der Waals surface area contributed by atoms with Crippen molar-refractivity contribution in [3.05, 3.63) is 90.2 Å². The lowest BCUT2D eigenvalue weighted by Crippen LogP contribution is -2.46. The van der Waals surface area contributed by atoms with Gasteiger partial charge in [-0.2, -0.15) is 0 Å². The Morgan fingerprint density at radius 1 is 0.919 bits per heavy atom. The lowest BCUT2D eigenvalue weighted by atomic mass is 9.84. The van der Waals surface area contributed by atoms with Crippen LogP contribution in [0.3, 0.4) is 0 Å². The molecule has 1 saturated carbocycles. The Hall–Kier alpha value is -3.07. The molecular weight excluding hydrogens is 491 g/mol. The molecule has 4 rings (SSSR count). The number of hydrogen-bond acceptors (Lipinski definition) is 4. The van der Waals surface area contributed by atoms with Crippen LogP contribution in [0.15, 0.2) is 83.8 Å². The molecule has 1 aliphatic rings. The van der Waals surface area contributed by atoms with Gasteiger partial charge in [0, 0.05) is 17.5 Å². The third-order valence-corrected chi connectivity index (χ3v) is 8.43. The molecule has 196 valence electrons. The Morgan fingerprint density at radius 2 is 1.51 bits per heavy atom. The maximum atomic E-state index is 14.1. The summed E-state index contributed by atoms with van der Waals surface area (Å²) in [5.41, 5.74) is 0.690. The zero-order valence-corrected chi connectivity index (χ0v) is 21.8. The third-order valence-electron chi connectivity index (χ3n) is 6.90. The molecule has 1 amide bonds. The maximum Gasteiger partial charge on any atom is 0.240 e. The van der Waals surface area contributed by atoms with Crippen LogP contribution in [0, 0.1) is 11.7 Å². The van der Waals surface area contributed by atoms with Crippen LogP contribution in [0.2, 0.25) is 0 Å². The van der Waals surface area contributed by atoms with Gasteiger partial charge < -0.3 is 10.4 Å². The topological polar surface area (TPSA) is 95.5 Å². The fourth-order valence-electron chi connectivity index (χ4n) is 4.84. The molecule has 0 heterocycles. The van der Waals surface area contributed by atoms with E-state index in [0.717, 1.165) is 5.56 Å². The average molecular weight is 525 g/mol. The maximum absolute atomic E-state index is 14.1. The summed E-state index contributed by atoms with van der Waals surface area (Å²) in [6.45, 7) is 3.33. The third kappa shape index (κ3) is 6.63. The van der Waals surface area contributed by atoms with Crippen molar-refractivity contribution in [2.45, 2.75) is 62.1 Å². The van der Waals surface area contributed by atoms with Crippen molar-refractivity contribution in [1.29, 1.82) is 0 Å². The van der Waals surface area contributed by atoms with Gasteiger partial charge in [-0.3, -0.25) is 4.79 Å². The van der Waals surface area contributed by atoms with Gasteiger partial charge in [-0.05, 0) is 68.9 Å². The molecule has 0 aromatic heterocycles. The fraction of sp³-hybridized carbons (Fsp3) is 0.345. The van der Waals surface area contributed by atoms with Crippen molar-refractivity contribution < 1.29 is 22.7 Å². The Balaban J connectivity index is 1.35. The normalized spacial score (nSPS) is 19.2. The van der Waals surface area contributed by atoms with Crippen molar-refractivity contribution in [2.75, 3.05) is 0 Å². The van der Waals surface area contributed by atoms with Crippen molar-refractivity contribution in [1.82, 2.24) is 10.0 Å². The first-order valence-electron chi connectivity index (χ1n) is 12.5. The van der Waals surface area contributed by atoms with E-state index in [1.165, 1.54) is 18.2 Å². The van der Waals surface area contributed by atoms with Crippen molar-refractivity contribution in [2.24, 2.45) is 5.92 Å². The van der Waals surface area contributed by atoms with Gasteiger partial charge in [0.2, 0.25) is 15.9 Å². The molecule has 1 fully saturated rings. The van der Waals surface area contributed by atoms with E-state index < -0.39 is 21.7 Å². The van der Waals surface area contributed by atoms with Gasteiger partial charge in [0.05, 0.1) is 16.5 Å². The summed E-state index contributed by atoms with van der Waals surface area (Å²) in [4.78, 5) is 13.1. The lowest BCUT2D eigenvalue weighted by Gasteiger charge is -2.34. The van der Waals surface area contributed by atoms with Crippen LogP contribution in [0.25, 0.3) is 11.1 Å². The van der Waals surface area contributed by atoms with Gasteiger partial charge in [-0.1, -0.05) is 60.7 Å². The number of aliphatic hydroxyl groups is 1. The highest BCUT2D eigenvalue weighted by atomic mass is 32.2. The highest BCUT2D eigenvalue weighted by Crippen LogP contribution is 2.30. The quantitative estimate of drug-likeness (QED) is 0.388. The average Bonchev–Trinajstić information content (AvgIpc) is 2.87. The molecule has 8 heteroatoms. The summed E-state index contributed by atoms with van der Waals surface area (Å²) in [6.07, 6.45) is 2.14. The van der Waals surface area contributed by atoms with Crippen LogP contribution >= 0.6 is 0 Å². The van der Waals surface area contributed by atoms with Crippen molar-refractivity contribution >= 4 is 15.9 Å². The van der Waals surface area contributed by atoms with E-state index in [0.29, 0.717) is 36.8 Å². The minimum absolute atomic E-state index is 0.114. The minimum Gasteiger partial charge on any atom is -0.388 e. The molecule has 0 radical (unpaired) electrons. The highest BCUT2D eigenvalue weighted by Gasteiger charge is 2.34. The Labute approximate surface area is 218 Å². The van der Waals surface area contributed by atoms with Crippen LogP contribution in [0.4, 0.5) is 4.39 Å². The molecule has 3 N–H and O–H groups in total. The largest absolute Gasteiger partial charge is 0.388 e. The SMILES string of the molecule is CC(C)(O)[C@@H](NC(=O)C1CCC(NS(=O)(=O)c2ccc(-c3ccccc3F)cc2)CC1)c1ccccc1. The van der Waals surface area contributed by atoms with Crippen LogP contribution in [-0.4, -0.2) is 31.1 Å². The highest BCUT2D eigenvalue weighted by molar-refractivity contribution is 7.89. The molecule has 0 spiro atoms. The van der Waals surface area contributed by atoms with E-state index in [1.54, 1.807) is 44.2 Å². The lowest BCUT2D eigenvalue weighted by molar-refractivity contribution is -0.128. The van der Waals surface area contributed by atoms with E-state index in [4.69, 9.17) is 0 Å². The van der Waals surface area contributed by atoms with Gasteiger partial charge in [-0.25, -0.2) is 17.5 Å². The number of sulfonamides is 1. The van der Waals surface area contributed by atoms with E-state index >= 15 is 0 Å². The Morgan fingerprint density at radius 3 is 2.11 bits per heavy atom. The van der Waals surface area contributed by atoms with Gasteiger partial charge in [0.25, 0.3) is 0 Å². The Bertz CT molecular complexity index is 1310. The second-order valence-corrected chi connectivity index (χ2v) is 11.9. The second kappa shape index (κ2) is 11.1. The predicted molar refractivity (Wildman–Crippen MR) is 142 cm³/mol. The molecule has 3 aromatic rings. The number of hydrogen-bond donors (Lipinski definition) is 3. The van der Waals surface area contributed by atoms with E-state index in [-0.39, 0.29) is 28.6 Å². The number of nitrogens with one attached hydrogen (secondary N) is 2. The van der Waals surface area contributed by atoms with Crippen LogP contribution in [0.1, 0.15) is 51.1 Å². The summed E-state index contributed by atoms with van der Waals surface area (Å²) >= 11 is 0. The fourth-order valence-corrected chi connectivity index (χ4v) is 6.15. The first-order chi connectivity index (χ1) is 17.5.